The van der Waals surface area contributed by atoms with Crippen LogP contribution in [-0.2, 0) is 10.8 Å². The number of amides is 1. The van der Waals surface area contributed by atoms with Gasteiger partial charge in [-0.25, -0.2) is 4.98 Å². The third-order valence-electron chi connectivity index (χ3n) is 2.87. The summed E-state index contributed by atoms with van der Waals surface area (Å²) in [6, 6.07) is 5.67. The van der Waals surface area contributed by atoms with Crippen molar-refractivity contribution in [1.29, 1.82) is 0 Å². The first-order valence-electron chi connectivity index (χ1n) is 6.44. The molecule has 1 saturated heterocycles. The lowest BCUT2D eigenvalue weighted by molar-refractivity contribution is 0.0765. The molecule has 0 saturated carbocycles. The molecule has 1 aliphatic rings. The maximum absolute atomic E-state index is 12.3. The van der Waals surface area contributed by atoms with Gasteiger partial charge in [0, 0.05) is 41.4 Å². The molecular weight excluding hydrogens is 262 g/mol. The lowest BCUT2D eigenvalue weighted by atomic mass is 10.3. The summed E-state index contributed by atoms with van der Waals surface area (Å²) in [4.78, 5) is 18.3. The van der Waals surface area contributed by atoms with Gasteiger partial charge < -0.3 is 10.2 Å². The van der Waals surface area contributed by atoms with Crippen LogP contribution in [0.25, 0.3) is 0 Å². The van der Waals surface area contributed by atoms with Crippen LogP contribution in [0.2, 0.25) is 0 Å². The summed E-state index contributed by atoms with van der Waals surface area (Å²) >= 11 is 0. The van der Waals surface area contributed by atoms with Gasteiger partial charge in [-0.05, 0) is 26.0 Å². The number of hydrogen-bond donors (Lipinski definition) is 1. The Morgan fingerprint density at radius 2 is 2.05 bits per heavy atom. The highest BCUT2D eigenvalue weighted by atomic mass is 32.2. The molecule has 19 heavy (non-hydrogen) atoms. The van der Waals surface area contributed by atoms with Crippen molar-refractivity contribution in [3.63, 3.8) is 0 Å². The SMILES string of the molecule is CC(C)Nc1cccc(C(=O)N2CCS(=O)CC2)n1. The number of rotatable bonds is 3. The van der Waals surface area contributed by atoms with E-state index in [0.29, 0.717) is 36.1 Å². The van der Waals surface area contributed by atoms with E-state index in [4.69, 9.17) is 0 Å². The quantitative estimate of drug-likeness (QED) is 0.901. The van der Waals surface area contributed by atoms with Crippen molar-refractivity contribution in [3.05, 3.63) is 23.9 Å². The molecule has 1 aliphatic heterocycles. The summed E-state index contributed by atoms with van der Waals surface area (Å²) in [5.41, 5.74) is 0.443. The van der Waals surface area contributed by atoms with Gasteiger partial charge in [-0.2, -0.15) is 0 Å². The molecule has 0 aliphatic carbocycles. The molecule has 0 spiro atoms. The molecule has 6 heteroatoms. The molecule has 1 aromatic rings. The monoisotopic (exact) mass is 281 g/mol. The highest BCUT2D eigenvalue weighted by molar-refractivity contribution is 7.85. The van der Waals surface area contributed by atoms with Gasteiger partial charge in [0.25, 0.3) is 5.91 Å². The normalized spacial score (nSPS) is 16.7. The molecule has 0 unspecified atom stereocenters. The molecule has 0 atom stereocenters. The fourth-order valence-corrected chi connectivity index (χ4v) is 2.99. The maximum atomic E-state index is 12.3. The summed E-state index contributed by atoms with van der Waals surface area (Å²) in [6.45, 7) is 5.15. The molecule has 5 nitrogen and oxygen atoms in total. The Hall–Kier alpha value is -1.43. The molecular formula is C13H19N3O2S. The van der Waals surface area contributed by atoms with Crippen LogP contribution >= 0.6 is 0 Å². The van der Waals surface area contributed by atoms with E-state index in [2.05, 4.69) is 10.3 Å². The van der Waals surface area contributed by atoms with Crippen molar-refractivity contribution in [3.8, 4) is 0 Å². The first kappa shape index (κ1) is 14.0. The zero-order chi connectivity index (χ0) is 13.8. The Balaban J connectivity index is 2.08. The second kappa shape index (κ2) is 6.14. The molecule has 0 bridgehead atoms. The van der Waals surface area contributed by atoms with E-state index in [1.807, 2.05) is 26.0 Å². The van der Waals surface area contributed by atoms with Crippen LogP contribution in [0.1, 0.15) is 24.3 Å². The van der Waals surface area contributed by atoms with Crippen molar-refractivity contribution in [2.45, 2.75) is 19.9 Å². The molecule has 1 N–H and O–H groups in total. The second-order valence-electron chi connectivity index (χ2n) is 4.85. The van der Waals surface area contributed by atoms with E-state index in [1.54, 1.807) is 11.0 Å². The highest BCUT2D eigenvalue weighted by Crippen LogP contribution is 2.10. The minimum Gasteiger partial charge on any atom is -0.368 e. The Kier molecular flexibility index (Phi) is 4.52. The molecule has 1 aromatic heterocycles. The van der Waals surface area contributed by atoms with Gasteiger partial charge in [0.05, 0.1) is 0 Å². The van der Waals surface area contributed by atoms with E-state index < -0.39 is 10.8 Å². The summed E-state index contributed by atoms with van der Waals surface area (Å²) in [6.07, 6.45) is 0. The van der Waals surface area contributed by atoms with Crippen molar-refractivity contribution in [1.82, 2.24) is 9.88 Å². The zero-order valence-corrected chi connectivity index (χ0v) is 12.1. The molecule has 0 radical (unpaired) electrons. The third kappa shape index (κ3) is 3.76. The number of nitrogens with one attached hydrogen (secondary N) is 1. The van der Waals surface area contributed by atoms with Gasteiger partial charge in [0.2, 0.25) is 0 Å². The van der Waals surface area contributed by atoms with Gasteiger partial charge in [0.1, 0.15) is 11.5 Å². The number of carbonyl (C=O) groups is 1. The van der Waals surface area contributed by atoms with Crippen LogP contribution in [0.4, 0.5) is 5.82 Å². The first-order chi connectivity index (χ1) is 9.06. The van der Waals surface area contributed by atoms with E-state index >= 15 is 0 Å². The summed E-state index contributed by atoms with van der Waals surface area (Å²) in [5, 5.41) is 3.18. The zero-order valence-electron chi connectivity index (χ0n) is 11.3. The Labute approximate surface area is 115 Å². The van der Waals surface area contributed by atoms with Gasteiger partial charge >= 0.3 is 0 Å². The summed E-state index contributed by atoms with van der Waals surface area (Å²) in [5.74, 6) is 1.76. The van der Waals surface area contributed by atoms with Crippen LogP contribution in [0.3, 0.4) is 0 Å². The summed E-state index contributed by atoms with van der Waals surface area (Å²) in [7, 11) is -0.773. The van der Waals surface area contributed by atoms with Crippen LogP contribution in [0.5, 0.6) is 0 Å². The van der Waals surface area contributed by atoms with Gasteiger partial charge in [0.15, 0.2) is 0 Å². The van der Waals surface area contributed by atoms with Crippen molar-refractivity contribution >= 4 is 22.5 Å². The molecule has 1 fully saturated rings. The lowest BCUT2D eigenvalue weighted by Crippen LogP contribution is -2.42. The summed E-state index contributed by atoms with van der Waals surface area (Å²) < 4.78 is 11.3. The van der Waals surface area contributed by atoms with Crippen LogP contribution in [0, 0.1) is 0 Å². The van der Waals surface area contributed by atoms with Gasteiger partial charge in [-0.3, -0.25) is 9.00 Å². The average Bonchev–Trinajstić information content (AvgIpc) is 2.38. The highest BCUT2D eigenvalue weighted by Gasteiger charge is 2.22. The largest absolute Gasteiger partial charge is 0.368 e. The maximum Gasteiger partial charge on any atom is 0.272 e. The number of hydrogen-bond acceptors (Lipinski definition) is 4. The Morgan fingerprint density at radius 1 is 1.37 bits per heavy atom. The smallest absolute Gasteiger partial charge is 0.272 e. The van der Waals surface area contributed by atoms with Gasteiger partial charge in [-0.15, -0.1) is 0 Å². The average molecular weight is 281 g/mol. The Bertz CT molecular complexity index is 481. The molecule has 1 amide bonds. The van der Waals surface area contributed by atoms with Crippen LogP contribution in [-0.4, -0.2) is 50.6 Å². The van der Waals surface area contributed by atoms with E-state index in [1.165, 1.54) is 0 Å². The minimum absolute atomic E-state index is 0.0795. The molecule has 104 valence electrons. The Morgan fingerprint density at radius 3 is 2.68 bits per heavy atom. The predicted octanol–water partition coefficient (Wildman–Crippen LogP) is 1.11. The van der Waals surface area contributed by atoms with Crippen molar-refractivity contribution in [2.75, 3.05) is 29.9 Å². The number of carbonyl (C=O) groups excluding carboxylic acids is 1. The fourth-order valence-electron chi connectivity index (χ4n) is 1.93. The molecule has 0 aromatic carbocycles. The first-order valence-corrected chi connectivity index (χ1v) is 7.93. The van der Waals surface area contributed by atoms with Gasteiger partial charge in [-0.1, -0.05) is 6.07 Å². The standard InChI is InChI=1S/C13H19N3O2S/c1-10(2)14-12-5-3-4-11(15-12)13(17)16-6-8-19(18)9-7-16/h3-5,10H,6-9H2,1-2H3,(H,14,15). The van der Waals surface area contributed by atoms with Crippen molar-refractivity contribution in [2.24, 2.45) is 0 Å². The number of pyridine rings is 1. The van der Waals surface area contributed by atoms with Crippen LogP contribution < -0.4 is 5.32 Å². The molecule has 2 rings (SSSR count). The molecule has 2 heterocycles. The number of anilines is 1. The topological polar surface area (TPSA) is 62.3 Å². The van der Waals surface area contributed by atoms with E-state index in [-0.39, 0.29) is 11.9 Å². The van der Waals surface area contributed by atoms with Crippen LogP contribution in [0.15, 0.2) is 18.2 Å². The number of aromatic nitrogens is 1. The van der Waals surface area contributed by atoms with E-state index in [0.717, 1.165) is 0 Å². The predicted molar refractivity (Wildman–Crippen MR) is 76.8 cm³/mol. The second-order valence-corrected chi connectivity index (χ2v) is 6.54. The van der Waals surface area contributed by atoms with E-state index in [9.17, 15) is 9.00 Å². The number of nitrogens with zero attached hydrogens (tertiary/aromatic N) is 2. The fraction of sp³-hybridized carbons (Fsp3) is 0.538. The minimum atomic E-state index is -0.773. The lowest BCUT2D eigenvalue weighted by Gasteiger charge is -2.26. The third-order valence-corrected chi connectivity index (χ3v) is 4.15. The van der Waals surface area contributed by atoms with Crippen molar-refractivity contribution < 1.29 is 9.00 Å².